The van der Waals surface area contributed by atoms with Crippen LogP contribution < -0.4 is 0 Å². The molecule has 1 N–H and O–H groups in total. The smallest absolute Gasteiger partial charge is 0.168 e. The lowest BCUT2D eigenvalue weighted by atomic mass is 9.59. The van der Waals surface area contributed by atoms with Gasteiger partial charge in [-0.2, -0.15) is 0 Å². The highest BCUT2D eigenvalue weighted by Crippen LogP contribution is 2.55. The highest BCUT2D eigenvalue weighted by Gasteiger charge is 2.52. The normalized spacial score (nSPS) is 33.2. The molecular formula is C19H26O3. The summed E-state index contributed by atoms with van der Waals surface area (Å²) in [6.45, 7) is 3.82. The monoisotopic (exact) mass is 302 g/mol. The topological polar surface area (TPSA) is 38.7 Å². The number of rotatable bonds is 1. The van der Waals surface area contributed by atoms with Crippen LogP contribution in [0, 0.1) is 5.92 Å². The van der Waals surface area contributed by atoms with Crippen LogP contribution in [0.1, 0.15) is 56.6 Å². The Bertz CT molecular complexity index is 562. The molecule has 0 aromatic heterocycles. The summed E-state index contributed by atoms with van der Waals surface area (Å²) in [5.74, 6) is 0.721. The van der Waals surface area contributed by atoms with Crippen LogP contribution in [0.2, 0.25) is 0 Å². The van der Waals surface area contributed by atoms with E-state index in [-0.39, 0.29) is 11.2 Å². The maximum atomic E-state index is 9.86. The SMILES string of the molecule is CC[C@@]12CCC3(C[C@@H]1CCCc1cc(O)ccc12)OCCO3. The van der Waals surface area contributed by atoms with Crippen LogP contribution in [0.15, 0.2) is 18.2 Å². The standard InChI is InChI=1S/C19H26O3/c1-2-18-8-9-19(21-10-11-22-19)13-15(18)5-3-4-14-12-16(20)6-7-17(14)18/h6-7,12,15,20H,2-5,8-11,13H2,1H3/t15-,18+/m0/s1. The summed E-state index contributed by atoms with van der Waals surface area (Å²) in [6, 6.07) is 6.04. The highest BCUT2D eigenvalue weighted by molar-refractivity contribution is 5.42. The number of phenols is 1. The minimum atomic E-state index is -0.301. The fourth-order valence-corrected chi connectivity index (χ4v) is 5.25. The first-order valence-electron chi connectivity index (χ1n) is 8.78. The first-order chi connectivity index (χ1) is 10.7. The molecule has 2 fully saturated rings. The molecule has 22 heavy (non-hydrogen) atoms. The molecule has 3 nitrogen and oxygen atoms in total. The molecule has 0 unspecified atom stereocenters. The molecule has 4 rings (SSSR count). The highest BCUT2D eigenvalue weighted by atomic mass is 16.7. The fraction of sp³-hybridized carbons (Fsp3) is 0.684. The van der Waals surface area contributed by atoms with Gasteiger partial charge in [0.25, 0.3) is 0 Å². The number of aromatic hydroxyl groups is 1. The lowest BCUT2D eigenvalue weighted by Gasteiger charge is -2.49. The van der Waals surface area contributed by atoms with Gasteiger partial charge >= 0.3 is 0 Å². The van der Waals surface area contributed by atoms with Crippen LogP contribution in [0.4, 0.5) is 0 Å². The first kappa shape index (κ1) is 14.5. The molecule has 1 saturated carbocycles. The van der Waals surface area contributed by atoms with Gasteiger partial charge < -0.3 is 14.6 Å². The lowest BCUT2D eigenvalue weighted by molar-refractivity contribution is -0.199. The second-order valence-corrected chi connectivity index (χ2v) is 7.25. The minimum absolute atomic E-state index is 0.236. The number of hydrogen-bond acceptors (Lipinski definition) is 3. The molecule has 2 aliphatic carbocycles. The van der Waals surface area contributed by atoms with Crippen molar-refractivity contribution in [3.63, 3.8) is 0 Å². The summed E-state index contributed by atoms with van der Waals surface area (Å²) < 4.78 is 12.0. The lowest BCUT2D eigenvalue weighted by Crippen LogP contribution is -2.48. The van der Waals surface area contributed by atoms with E-state index >= 15 is 0 Å². The molecule has 0 amide bonds. The third kappa shape index (κ3) is 2.10. The van der Waals surface area contributed by atoms with Crippen molar-refractivity contribution in [3.05, 3.63) is 29.3 Å². The second kappa shape index (κ2) is 5.24. The quantitative estimate of drug-likeness (QED) is 0.854. The molecule has 2 atom stereocenters. The molecule has 0 radical (unpaired) electrons. The molecule has 3 heteroatoms. The maximum Gasteiger partial charge on any atom is 0.168 e. The summed E-state index contributed by atoms with van der Waals surface area (Å²) in [7, 11) is 0. The van der Waals surface area contributed by atoms with E-state index in [0.717, 1.165) is 45.3 Å². The van der Waals surface area contributed by atoms with Gasteiger partial charge in [0.1, 0.15) is 5.75 Å². The summed E-state index contributed by atoms with van der Waals surface area (Å²) in [6.07, 6.45) is 7.82. The second-order valence-electron chi connectivity index (χ2n) is 7.25. The van der Waals surface area contributed by atoms with Crippen molar-refractivity contribution in [2.75, 3.05) is 13.2 Å². The number of ether oxygens (including phenoxy) is 2. The zero-order valence-corrected chi connectivity index (χ0v) is 13.4. The zero-order chi connectivity index (χ0) is 15.2. The van der Waals surface area contributed by atoms with Gasteiger partial charge in [-0.25, -0.2) is 0 Å². The third-order valence-electron chi connectivity index (χ3n) is 6.36. The maximum absolute atomic E-state index is 9.86. The third-order valence-corrected chi connectivity index (χ3v) is 6.36. The Morgan fingerprint density at radius 1 is 1.23 bits per heavy atom. The molecule has 1 aromatic rings. The Morgan fingerprint density at radius 3 is 2.82 bits per heavy atom. The van der Waals surface area contributed by atoms with Crippen LogP contribution >= 0.6 is 0 Å². The molecule has 1 spiro atoms. The number of aryl methyl sites for hydroxylation is 1. The van der Waals surface area contributed by atoms with E-state index in [2.05, 4.69) is 13.0 Å². The minimum Gasteiger partial charge on any atom is -0.508 e. The van der Waals surface area contributed by atoms with Gasteiger partial charge in [-0.3, -0.25) is 0 Å². The van der Waals surface area contributed by atoms with Gasteiger partial charge in [0.2, 0.25) is 0 Å². The Balaban J connectivity index is 1.75. The van der Waals surface area contributed by atoms with E-state index in [0.29, 0.717) is 11.7 Å². The van der Waals surface area contributed by atoms with Gasteiger partial charge in [0, 0.05) is 12.8 Å². The summed E-state index contributed by atoms with van der Waals surface area (Å²) in [4.78, 5) is 0. The average molecular weight is 302 g/mol. The van der Waals surface area contributed by atoms with Gasteiger partial charge in [0.05, 0.1) is 13.2 Å². The summed E-state index contributed by atoms with van der Waals surface area (Å²) in [5, 5.41) is 9.86. The van der Waals surface area contributed by atoms with Gasteiger partial charge in [-0.05, 0) is 66.7 Å². The Labute approximate surface area is 132 Å². The van der Waals surface area contributed by atoms with Gasteiger partial charge in [-0.1, -0.05) is 13.0 Å². The van der Waals surface area contributed by atoms with E-state index in [4.69, 9.17) is 9.47 Å². The van der Waals surface area contributed by atoms with Crippen molar-refractivity contribution in [2.24, 2.45) is 5.92 Å². The zero-order valence-electron chi connectivity index (χ0n) is 13.4. The molecule has 1 aromatic carbocycles. The number of phenolic OH excluding ortho intramolecular Hbond substituents is 1. The van der Waals surface area contributed by atoms with Gasteiger partial charge in [0.15, 0.2) is 5.79 Å². The van der Waals surface area contributed by atoms with Crippen LogP contribution in [-0.4, -0.2) is 24.1 Å². The first-order valence-corrected chi connectivity index (χ1v) is 8.78. The van der Waals surface area contributed by atoms with Crippen molar-refractivity contribution in [1.82, 2.24) is 0 Å². The molecule has 1 saturated heterocycles. The van der Waals surface area contributed by atoms with Crippen molar-refractivity contribution in [1.29, 1.82) is 0 Å². The van der Waals surface area contributed by atoms with E-state index in [1.807, 2.05) is 12.1 Å². The fourth-order valence-electron chi connectivity index (χ4n) is 5.25. The van der Waals surface area contributed by atoms with E-state index in [1.165, 1.54) is 24.0 Å². The number of hydrogen-bond donors (Lipinski definition) is 1. The van der Waals surface area contributed by atoms with Crippen molar-refractivity contribution in [3.8, 4) is 5.75 Å². The van der Waals surface area contributed by atoms with Crippen LogP contribution in [0.5, 0.6) is 5.75 Å². The Morgan fingerprint density at radius 2 is 2.05 bits per heavy atom. The molecule has 0 bridgehead atoms. The van der Waals surface area contributed by atoms with E-state index < -0.39 is 0 Å². The molecule has 3 aliphatic rings. The average Bonchev–Trinajstić information content (AvgIpc) is 2.90. The largest absolute Gasteiger partial charge is 0.508 e. The molecule has 1 heterocycles. The van der Waals surface area contributed by atoms with Gasteiger partial charge in [-0.15, -0.1) is 0 Å². The Hall–Kier alpha value is -1.06. The summed E-state index contributed by atoms with van der Waals surface area (Å²) in [5.41, 5.74) is 3.07. The number of fused-ring (bicyclic) bond motifs is 3. The number of benzene rings is 1. The Kier molecular flexibility index (Phi) is 3.46. The van der Waals surface area contributed by atoms with Crippen molar-refractivity contribution >= 4 is 0 Å². The predicted molar refractivity (Wildman–Crippen MR) is 85.0 cm³/mol. The molecule has 1 aliphatic heterocycles. The summed E-state index contributed by atoms with van der Waals surface area (Å²) >= 11 is 0. The van der Waals surface area contributed by atoms with Crippen LogP contribution in [-0.2, 0) is 21.3 Å². The molecular weight excluding hydrogens is 276 g/mol. The van der Waals surface area contributed by atoms with Crippen LogP contribution in [0.3, 0.4) is 0 Å². The van der Waals surface area contributed by atoms with E-state index in [9.17, 15) is 5.11 Å². The van der Waals surface area contributed by atoms with Crippen molar-refractivity contribution in [2.45, 2.75) is 63.1 Å². The molecule has 120 valence electrons. The van der Waals surface area contributed by atoms with Crippen LogP contribution in [0.25, 0.3) is 0 Å². The van der Waals surface area contributed by atoms with E-state index in [1.54, 1.807) is 0 Å². The van der Waals surface area contributed by atoms with Crippen molar-refractivity contribution < 1.29 is 14.6 Å². The predicted octanol–water partition coefficient (Wildman–Crippen LogP) is 3.92.